The molecule has 0 radical (unpaired) electrons. The summed E-state index contributed by atoms with van der Waals surface area (Å²) in [5.74, 6) is 0.692. The summed E-state index contributed by atoms with van der Waals surface area (Å²) in [5.41, 5.74) is 1.02. The SMILES string of the molecule is C=CCOc1ccccc1NC(=S)NC(=O)c1cc(Br)ccc1OC. The molecule has 0 spiro atoms. The number of hydrogen-bond acceptors (Lipinski definition) is 4. The van der Waals surface area contributed by atoms with Crippen molar-refractivity contribution in [2.24, 2.45) is 0 Å². The van der Waals surface area contributed by atoms with Crippen LogP contribution in [0.1, 0.15) is 10.4 Å². The summed E-state index contributed by atoms with van der Waals surface area (Å²) in [6.07, 6.45) is 1.65. The van der Waals surface area contributed by atoms with Gasteiger partial charge in [0.2, 0.25) is 0 Å². The number of benzene rings is 2. The molecular weight excluding hydrogens is 404 g/mol. The Morgan fingerprint density at radius 2 is 2.04 bits per heavy atom. The quantitative estimate of drug-likeness (QED) is 0.542. The number of methoxy groups -OCH3 is 1. The maximum absolute atomic E-state index is 12.5. The van der Waals surface area contributed by atoms with E-state index in [2.05, 4.69) is 33.1 Å². The molecule has 0 aliphatic carbocycles. The largest absolute Gasteiger partial charge is 0.496 e. The van der Waals surface area contributed by atoms with Crippen LogP contribution >= 0.6 is 28.1 Å². The van der Waals surface area contributed by atoms with Gasteiger partial charge in [0.05, 0.1) is 18.4 Å². The van der Waals surface area contributed by atoms with E-state index >= 15 is 0 Å². The van der Waals surface area contributed by atoms with E-state index in [9.17, 15) is 4.79 Å². The summed E-state index contributed by atoms with van der Waals surface area (Å²) in [6, 6.07) is 12.4. The standard InChI is InChI=1S/C18H17BrN2O3S/c1-3-10-24-16-7-5-4-6-14(16)20-18(25)21-17(22)13-11-12(19)8-9-15(13)23-2/h3-9,11H,1,10H2,2H3,(H2,20,21,22,25). The van der Waals surface area contributed by atoms with E-state index in [-0.39, 0.29) is 11.0 Å². The summed E-state index contributed by atoms with van der Waals surface area (Å²) < 4.78 is 11.5. The zero-order valence-corrected chi connectivity index (χ0v) is 15.9. The third kappa shape index (κ3) is 5.30. The lowest BCUT2D eigenvalue weighted by Crippen LogP contribution is -2.34. The molecule has 0 aliphatic heterocycles. The summed E-state index contributed by atoms with van der Waals surface area (Å²) >= 11 is 8.56. The first-order valence-electron chi connectivity index (χ1n) is 7.33. The van der Waals surface area contributed by atoms with Crippen molar-refractivity contribution in [1.29, 1.82) is 0 Å². The summed E-state index contributed by atoms with van der Waals surface area (Å²) in [5, 5.41) is 5.75. The van der Waals surface area contributed by atoms with Crippen LogP contribution in [0.2, 0.25) is 0 Å². The Balaban J connectivity index is 2.09. The summed E-state index contributed by atoms with van der Waals surface area (Å²) in [6.45, 7) is 3.99. The molecule has 0 heterocycles. The Kier molecular flexibility index (Phi) is 6.97. The Hall–Kier alpha value is -2.38. The van der Waals surface area contributed by atoms with Crippen LogP contribution in [-0.2, 0) is 0 Å². The van der Waals surface area contributed by atoms with Gasteiger partial charge in [-0.1, -0.05) is 40.7 Å². The third-order valence-corrected chi connectivity index (χ3v) is 3.82. The van der Waals surface area contributed by atoms with Crippen molar-refractivity contribution in [1.82, 2.24) is 5.32 Å². The average Bonchev–Trinajstić information content (AvgIpc) is 2.60. The lowest BCUT2D eigenvalue weighted by atomic mass is 10.2. The molecule has 2 rings (SSSR count). The highest BCUT2D eigenvalue weighted by Gasteiger charge is 2.15. The van der Waals surface area contributed by atoms with Crippen molar-refractivity contribution in [2.75, 3.05) is 19.0 Å². The monoisotopic (exact) mass is 420 g/mol. The van der Waals surface area contributed by atoms with Crippen LogP contribution in [0.5, 0.6) is 11.5 Å². The molecule has 0 fully saturated rings. The number of rotatable bonds is 6. The van der Waals surface area contributed by atoms with E-state index in [1.807, 2.05) is 12.1 Å². The third-order valence-electron chi connectivity index (χ3n) is 3.13. The molecule has 130 valence electrons. The Morgan fingerprint density at radius 3 is 2.76 bits per heavy atom. The number of anilines is 1. The van der Waals surface area contributed by atoms with E-state index in [0.717, 1.165) is 4.47 Å². The van der Waals surface area contributed by atoms with Crippen LogP contribution in [0.4, 0.5) is 5.69 Å². The van der Waals surface area contributed by atoms with Crippen LogP contribution in [0.3, 0.4) is 0 Å². The smallest absolute Gasteiger partial charge is 0.261 e. The second-order valence-corrected chi connectivity index (χ2v) is 6.17. The number of amides is 1. The number of carbonyl (C=O) groups excluding carboxylic acids is 1. The van der Waals surface area contributed by atoms with Gasteiger partial charge in [-0.05, 0) is 42.5 Å². The molecule has 25 heavy (non-hydrogen) atoms. The molecule has 0 bridgehead atoms. The Bertz CT molecular complexity index is 796. The highest BCUT2D eigenvalue weighted by atomic mass is 79.9. The number of hydrogen-bond donors (Lipinski definition) is 2. The van der Waals surface area contributed by atoms with E-state index in [1.165, 1.54) is 7.11 Å². The number of nitrogens with one attached hydrogen (secondary N) is 2. The topological polar surface area (TPSA) is 59.6 Å². The Morgan fingerprint density at radius 1 is 1.28 bits per heavy atom. The van der Waals surface area contributed by atoms with Gasteiger partial charge in [0.1, 0.15) is 18.1 Å². The Labute approximate surface area is 160 Å². The van der Waals surface area contributed by atoms with Crippen molar-refractivity contribution in [3.05, 3.63) is 65.2 Å². The van der Waals surface area contributed by atoms with Gasteiger partial charge in [0.25, 0.3) is 5.91 Å². The number of ether oxygens (including phenoxy) is 2. The van der Waals surface area contributed by atoms with Crippen LogP contribution in [-0.4, -0.2) is 24.7 Å². The average molecular weight is 421 g/mol. The molecule has 0 atom stereocenters. The normalized spacial score (nSPS) is 9.84. The minimum Gasteiger partial charge on any atom is -0.496 e. The highest BCUT2D eigenvalue weighted by molar-refractivity contribution is 9.10. The summed E-state index contributed by atoms with van der Waals surface area (Å²) in [4.78, 5) is 12.5. The molecule has 0 unspecified atom stereocenters. The van der Waals surface area contributed by atoms with E-state index in [4.69, 9.17) is 21.7 Å². The van der Waals surface area contributed by atoms with Gasteiger partial charge in [-0.15, -0.1) is 0 Å². The second-order valence-electron chi connectivity index (χ2n) is 4.85. The van der Waals surface area contributed by atoms with Gasteiger partial charge in [0, 0.05) is 4.47 Å². The number of halogens is 1. The molecule has 0 aliphatic rings. The van der Waals surface area contributed by atoms with Gasteiger partial charge in [0.15, 0.2) is 5.11 Å². The first-order valence-corrected chi connectivity index (χ1v) is 8.54. The predicted molar refractivity (Wildman–Crippen MR) is 107 cm³/mol. The number of carbonyl (C=O) groups is 1. The first kappa shape index (κ1) is 19.0. The molecular formula is C18H17BrN2O3S. The van der Waals surface area contributed by atoms with Gasteiger partial charge in [-0.3, -0.25) is 10.1 Å². The molecule has 0 saturated carbocycles. The molecule has 7 heteroatoms. The van der Waals surface area contributed by atoms with Crippen LogP contribution < -0.4 is 20.1 Å². The van der Waals surface area contributed by atoms with Gasteiger partial charge in [-0.2, -0.15) is 0 Å². The summed E-state index contributed by atoms with van der Waals surface area (Å²) in [7, 11) is 1.50. The van der Waals surface area contributed by atoms with Crippen molar-refractivity contribution in [2.45, 2.75) is 0 Å². The zero-order valence-electron chi connectivity index (χ0n) is 13.5. The van der Waals surface area contributed by atoms with Gasteiger partial charge < -0.3 is 14.8 Å². The van der Waals surface area contributed by atoms with Crippen molar-refractivity contribution < 1.29 is 14.3 Å². The van der Waals surface area contributed by atoms with Crippen molar-refractivity contribution in [3.8, 4) is 11.5 Å². The maximum atomic E-state index is 12.5. The number of para-hydroxylation sites is 2. The molecule has 5 nitrogen and oxygen atoms in total. The molecule has 0 aromatic heterocycles. The van der Waals surface area contributed by atoms with Gasteiger partial charge in [-0.25, -0.2) is 0 Å². The molecule has 0 saturated heterocycles. The lowest BCUT2D eigenvalue weighted by molar-refractivity contribution is 0.0974. The fraction of sp³-hybridized carbons (Fsp3) is 0.111. The van der Waals surface area contributed by atoms with E-state index in [0.29, 0.717) is 29.4 Å². The fourth-order valence-electron chi connectivity index (χ4n) is 2.03. The fourth-order valence-corrected chi connectivity index (χ4v) is 2.59. The molecule has 2 N–H and O–H groups in total. The van der Waals surface area contributed by atoms with Crippen LogP contribution in [0.25, 0.3) is 0 Å². The van der Waals surface area contributed by atoms with Crippen LogP contribution in [0, 0.1) is 0 Å². The molecule has 2 aromatic carbocycles. The van der Waals surface area contributed by atoms with E-state index < -0.39 is 0 Å². The number of thiocarbonyl (C=S) groups is 1. The zero-order chi connectivity index (χ0) is 18.2. The van der Waals surface area contributed by atoms with Gasteiger partial charge >= 0.3 is 0 Å². The minimum atomic E-state index is -0.375. The minimum absolute atomic E-state index is 0.154. The first-order chi connectivity index (χ1) is 12.0. The predicted octanol–water partition coefficient (Wildman–Crippen LogP) is 4.15. The van der Waals surface area contributed by atoms with Crippen LogP contribution in [0.15, 0.2) is 59.6 Å². The van der Waals surface area contributed by atoms with E-state index in [1.54, 1.807) is 36.4 Å². The highest BCUT2D eigenvalue weighted by Crippen LogP contribution is 2.24. The molecule has 1 amide bonds. The molecule has 2 aromatic rings. The second kappa shape index (κ2) is 9.19. The van der Waals surface area contributed by atoms with Crippen molar-refractivity contribution >= 4 is 44.9 Å². The lowest BCUT2D eigenvalue weighted by Gasteiger charge is -2.14. The maximum Gasteiger partial charge on any atom is 0.261 e. The van der Waals surface area contributed by atoms with Crippen molar-refractivity contribution in [3.63, 3.8) is 0 Å².